The number of aryl methyl sites for hydroxylation is 1. The van der Waals surface area contributed by atoms with Gasteiger partial charge in [0.2, 0.25) is 11.8 Å². The maximum atomic E-state index is 11.8. The summed E-state index contributed by atoms with van der Waals surface area (Å²) in [6.07, 6.45) is 3.15. The molecule has 1 aromatic heterocycles. The van der Waals surface area contributed by atoms with Crippen LogP contribution in [0.15, 0.2) is 22.7 Å². The maximum absolute atomic E-state index is 11.8. The van der Waals surface area contributed by atoms with Crippen LogP contribution in [0.4, 0.5) is 11.4 Å². The summed E-state index contributed by atoms with van der Waals surface area (Å²) in [5.41, 5.74) is 2.75. The molecular weight excluding hydrogens is 304 g/mol. The van der Waals surface area contributed by atoms with Gasteiger partial charge in [-0.3, -0.25) is 4.79 Å². The second-order valence-corrected chi connectivity index (χ2v) is 5.94. The van der Waals surface area contributed by atoms with Gasteiger partial charge in [0.05, 0.1) is 0 Å². The Labute approximate surface area is 143 Å². The van der Waals surface area contributed by atoms with Crippen molar-refractivity contribution >= 4 is 17.3 Å². The highest BCUT2D eigenvalue weighted by molar-refractivity contribution is 5.92. The fourth-order valence-corrected chi connectivity index (χ4v) is 2.43. The summed E-state index contributed by atoms with van der Waals surface area (Å²) in [5, 5.41) is 10.3. The second-order valence-electron chi connectivity index (χ2n) is 5.94. The third-order valence-corrected chi connectivity index (χ3v) is 3.78. The Bertz CT molecular complexity index is 681. The van der Waals surface area contributed by atoms with Crippen molar-refractivity contribution in [3.63, 3.8) is 0 Å². The topological polar surface area (TPSA) is 80.0 Å². The summed E-state index contributed by atoms with van der Waals surface area (Å²) >= 11 is 0. The largest absolute Gasteiger partial charge is 0.374 e. The van der Waals surface area contributed by atoms with E-state index in [1.165, 1.54) is 0 Å². The molecule has 1 amide bonds. The van der Waals surface area contributed by atoms with Gasteiger partial charge in [0, 0.05) is 24.2 Å². The predicted molar refractivity (Wildman–Crippen MR) is 95.0 cm³/mol. The zero-order valence-corrected chi connectivity index (χ0v) is 14.8. The van der Waals surface area contributed by atoms with Gasteiger partial charge in [-0.1, -0.05) is 25.1 Å². The van der Waals surface area contributed by atoms with Crippen molar-refractivity contribution in [3.8, 4) is 0 Å². The number of anilines is 2. The molecule has 0 saturated carbocycles. The molecule has 2 aromatic rings. The number of hydrogen-bond acceptors (Lipinski definition) is 5. The smallest absolute Gasteiger partial charge is 0.248 e. The van der Waals surface area contributed by atoms with E-state index in [-0.39, 0.29) is 11.9 Å². The first-order valence-electron chi connectivity index (χ1n) is 8.53. The molecule has 0 aliphatic carbocycles. The first-order valence-corrected chi connectivity index (χ1v) is 8.53. The maximum Gasteiger partial charge on any atom is 0.248 e. The van der Waals surface area contributed by atoms with Crippen molar-refractivity contribution < 1.29 is 9.32 Å². The highest BCUT2D eigenvalue weighted by atomic mass is 16.5. The average Bonchev–Trinajstić information content (AvgIpc) is 3.00. The monoisotopic (exact) mass is 330 g/mol. The van der Waals surface area contributed by atoms with Gasteiger partial charge < -0.3 is 15.2 Å². The van der Waals surface area contributed by atoms with Gasteiger partial charge in [-0.2, -0.15) is 4.98 Å². The van der Waals surface area contributed by atoms with E-state index in [0.717, 1.165) is 42.0 Å². The molecule has 0 aliphatic rings. The molecule has 0 fully saturated rings. The van der Waals surface area contributed by atoms with Gasteiger partial charge >= 0.3 is 0 Å². The lowest BCUT2D eigenvalue weighted by Gasteiger charge is -2.16. The highest BCUT2D eigenvalue weighted by Crippen LogP contribution is 2.27. The molecule has 2 rings (SSSR count). The number of nitrogens with zero attached hydrogens (tertiary/aromatic N) is 2. The molecule has 6 nitrogen and oxygen atoms in total. The van der Waals surface area contributed by atoms with Gasteiger partial charge in [0.25, 0.3) is 0 Å². The van der Waals surface area contributed by atoms with Crippen LogP contribution in [-0.2, 0) is 11.2 Å². The van der Waals surface area contributed by atoms with Crippen LogP contribution in [0.25, 0.3) is 0 Å². The van der Waals surface area contributed by atoms with E-state index >= 15 is 0 Å². The van der Waals surface area contributed by atoms with Crippen molar-refractivity contribution in [2.24, 2.45) is 0 Å². The first-order chi connectivity index (χ1) is 11.5. The number of nitrogens with one attached hydrogen (secondary N) is 2. The number of carbonyl (C=O) groups is 1. The Morgan fingerprint density at radius 1 is 1.25 bits per heavy atom. The van der Waals surface area contributed by atoms with E-state index in [2.05, 4.69) is 27.7 Å². The molecular formula is C18H26N4O2. The minimum Gasteiger partial charge on any atom is -0.374 e. The summed E-state index contributed by atoms with van der Waals surface area (Å²) in [7, 11) is 0. The first kappa shape index (κ1) is 18.0. The molecule has 2 N–H and O–H groups in total. The number of carbonyl (C=O) groups excluding carboxylic acids is 1. The molecule has 0 bridgehead atoms. The third kappa shape index (κ3) is 4.57. The zero-order valence-electron chi connectivity index (χ0n) is 14.8. The fraction of sp³-hybridized carbons (Fsp3) is 0.500. The number of rotatable bonds is 8. The van der Waals surface area contributed by atoms with E-state index in [1.54, 1.807) is 0 Å². The zero-order chi connectivity index (χ0) is 17.5. The standard InChI is InChI=1S/C18H26N4O2/c1-5-8-16-21-18(24-22-16)13(4)19-14-10-7-11-15(12(14)3)20-17(23)9-6-2/h7,10-11,13,19H,5-6,8-9H2,1-4H3,(H,20,23)/t13-/m0/s1. The number of amides is 1. The molecule has 1 heterocycles. The molecule has 1 aromatic carbocycles. The highest BCUT2D eigenvalue weighted by Gasteiger charge is 2.15. The van der Waals surface area contributed by atoms with E-state index < -0.39 is 0 Å². The Balaban J connectivity index is 2.09. The Morgan fingerprint density at radius 3 is 2.71 bits per heavy atom. The summed E-state index contributed by atoms with van der Waals surface area (Å²) in [4.78, 5) is 16.2. The molecule has 0 saturated heterocycles. The average molecular weight is 330 g/mol. The van der Waals surface area contributed by atoms with Crippen LogP contribution in [0.1, 0.15) is 63.4 Å². The quantitative estimate of drug-likeness (QED) is 0.756. The van der Waals surface area contributed by atoms with Crippen LogP contribution in [0.2, 0.25) is 0 Å². The van der Waals surface area contributed by atoms with E-state index in [1.807, 2.05) is 39.0 Å². The summed E-state index contributed by atoms with van der Waals surface area (Å²) in [6, 6.07) is 5.69. The molecule has 0 radical (unpaired) electrons. The summed E-state index contributed by atoms with van der Waals surface area (Å²) in [5.74, 6) is 1.34. The SMILES string of the molecule is CCCC(=O)Nc1cccc(N[C@@H](C)c2nc(CCC)no2)c1C. The minimum absolute atomic E-state index is 0.0342. The van der Waals surface area contributed by atoms with Crippen LogP contribution in [0, 0.1) is 6.92 Å². The predicted octanol–water partition coefficient (Wildman–Crippen LogP) is 4.24. The van der Waals surface area contributed by atoms with Crippen molar-refractivity contribution in [3.05, 3.63) is 35.5 Å². The van der Waals surface area contributed by atoms with E-state index in [9.17, 15) is 4.79 Å². The second kappa shape index (κ2) is 8.47. The minimum atomic E-state index is -0.108. The molecule has 6 heteroatoms. The van der Waals surface area contributed by atoms with Crippen LogP contribution in [-0.4, -0.2) is 16.0 Å². The summed E-state index contributed by atoms with van der Waals surface area (Å²) in [6.45, 7) is 8.03. The van der Waals surface area contributed by atoms with Gasteiger partial charge in [-0.15, -0.1) is 0 Å². The number of aromatic nitrogens is 2. The Kier molecular flexibility index (Phi) is 6.35. The number of benzene rings is 1. The van der Waals surface area contributed by atoms with Crippen LogP contribution < -0.4 is 10.6 Å². The lowest BCUT2D eigenvalue weighted by Crippen LogP contribution is -2.13. The van der Waals surface area contributed by atoms with Gasteiger partial charge in [-0.25, -0.2) is 0 Å². The van der Waals surface area contributed by atoms with Crippen molar-refractivity contribution in [2.45, 2.75) is 59.4 Å². The van der Waals surface area contributed by atoms with Gasteiger partial charge in [0.1, 0.15) is 6.04 Å². The lowest BCUT2D eigenvalue weighted by atomic mass is 10.1. The van der Waals surface area contributed by atoms with Gasteiger partial charge in [-0.05, 0) is 44.4 Å². The third-order valence-electron chi connectivity index (χ3n) is 3.78. The van der Waals surface area contributed by atoms with E-state index in [4.69, 9.17) is 4.52 Å². The Morgan fingerprint density at radius 2 is 2.00 bits per heavy atom. The number of hydrogen-bond donors (Lipinski definition) is 2. The lowest BCUT2D eigenvalue weighted by molar-refractivity contribution is -0.116. The van der Waals surface area contributed by atoms with Crippen molar-refractivity contribution in [2.75, 3.05) is 10.6 Å². The molecule has 0 aliphatic heterocycles. The molecule has 130 valence electrons. The van der Waals surface area contributed by atoms with Crippen LogP contribution >= 0.6 is 0 Å². The van der Waals surface area contributed by atoms with Gasteiger partial charge in [0.15, 0.2) is 5.82 Å². The molecule has 1 atom stereocenters. The molecule has 0 spiro atoms. The molecule has 24 heavy (non-hydrogen) atoms. The fourth-order valence-electron chi connectivity index (χ4n) is 2.43. The van der Waals surface area contributed by atoms with Crippen LogP contribution in [0.5, 0.6) is 0 Å². The van der Waals surface area contributed by atoms with Crippen molar-refractivity contribution in [1.82, 2.24) is 10.1 Å². The van der Waals surface area contributed by atoms with Crippen molar-refractivity contribution in [1.29, 1.82) is 0 Å². The normalized spacial score (nSPS) is 12.0. The molecule has 0 unspecified atom stereocenters. The van der Waals surface area contributed by atoms with Crippen LogP contribution in [0.3, 0.4) is 0 Å². The summed E-state index contributed by atoms with van der Waals surface area (Å²) < 4.78 is 5.32. The van der Waals surface area contributed by atoms with E-state index in [0.29, 0.717) is 12.3 Å². The Hall–Kier alpha value is -2.37.